The average molecular weight is 239 g/mol. The molecule has 0 amide bonds. The van der Waals surface area contributed by atoms with Gasteiger partial charge in [0.1, 0.15) is 5.69 Å². The number of anilines is 2. The number of hydrogen-bond donors (Lipinski definition) is 2. The summed E-state index contributed by atoms with van der Waals surface area (Å²) in [7, 11) is 2.96. The second-order valence-corrected chi connectivity index (χ2v) is 2.83. The van der Waals surface area contributed by atoms with Gasteiger partial charge in [-0.15, -0.1) is 12.4 Å². The van der Waals surface area contributed by atoms with Gasteiger partial charge in [-0.1, -0.05) is 11.6 Å². The van der Waals surface area contributed by atoms with Gasteiger partial charge >= 0.3 is 0 Å². The molecule has 0 aromatic heterocycles. The number of nitrogens with two attached hydrogens (primary N) is 2. The first-order valence-electron chi connectivity index (χ1n) is 3.57. The normalized spacial score (nSPS) is 9.07. The zero-order valence-corrected chi connectivity index (χ0v) is 9.41. The Balaban J connectivity index is 0.00000169. The Morgan fingerprint density at radius 1 is 1.14 bits per heavy atom. The van der Waals surface area contributed by atoms with E-state index in [9.17, 15) is 0 Å². The van der Waals surface area contributed by atoms with Gasteiger partial charge in [-0.05, 0) is 6.07 Å². The fraction of sp³-hybridized carbons (Fsp3) is 0.250. The third-order valence-electron chi connectivity index (χ3n) is 1.66. The number of ether oxygens (including phenoxy) is 2. The first-order valence-corrected chi connectivity index (χ1v) is 3.95. The van der Waals surface area contributed by atoms with E-state index >= 15 is 0 Å². The van der Waals surface area contributed by atoms with Crippen molar-refractivity contribution >= 4 is 35.4 Å². The molecule has 0 unspecified atom stereocenters. The molecular formula is C8H12Cl2N2O2. The van der Waals surface area contributed by atoms with Crippen LogP contribution in [0.1, 0.15) is 0 Å². The van der Waals surface area contributed by atoms with Crippen molar-refractivity contribution in [3.63, 3.8) is 0 Å². The van der Waals surface area contributed by atoms with Crippen molar-refractivity contribution in [1.82, 2.24) is 0 Å². The number of hydrogen-bond acceptors (Lipinski definition) is 4. The van der Waals surface area contributed by atoms with Crippen LogP contribution in [-0.2, 0) is 0 Å². The van der Waals surface area contributed by atoms with E-state index in [0.717, 1.165) is 0 Å². The van der Waals surface area contributed by atoms with Crippen LogP contribution < -0.4 is 20.9 Å². The lowest BCUT2D eigenvalue weighted by atomic mass is 10.2. The average Bonchev–Trinajstić information content (AvgIpc) is 2.04. The third kappa shape index (κ3) is 2.08. The topological polar surface area (TPSA) is 70.5 Å². The molecule has 0 spiro atoms. The standard InChI is InChI=1S/C8H11ClN2O2.ClH/c1-12-7-4(9)3-5(10)8(13-2)6(7)11;/h3H,10-11H2,1-2H3;1H. The smallest absolute Gasteiger partial charge is 0.168 e. The van der Waals surface area contributed by atoms with Crippen LogP contribution >= 0.6 is 24.0 Å². The van der Waals surface area contributed by atoms with Crippen LogP contribution in [0.4, 0.5) is 11.4 Å². The Morgan fingerprint density at radius 3 is 2.07 bits per heavy atom. The summed E-state index contributed by atoms with van der Waals surface area (Å²) in [6, 6.07) is 1.54. The molecule has 0 radical (unpaired) electrons. The van der Waals surface area contributed by atoms with Gasteiger partial charge in [0.05, 0.1) is 24.9 Å². The molecule has 80 valence electrons. The van der Waals surface area contributed by atoms with Gasteiger partial charge in [-0.25, -0.2) is 0 Å². The van der Waals surface area contributed by atoms with Crippen molar-refractivity contribution < 1.29 is 9.47 Å². The maximum atomic E-state index is 5.82. The fourth-order valence-corrected chi connectivity index (χ4v) is 1.39. The zero-order chi connectivity index (χ0) is 10.0. The molecule has 14 heavy (non-hydrogen) atoms. The minimum absolute atomic E-state index is 0. The second-order valence-electron chi connectivity index (χ2n) is 2.43. The van der Waals surface area contributed by atoms with Gasteiger partial charge in [0.2, 0.25) is 0 Å². The van der Waals surface area contributed by atoms with E-state index in [1.54, 1.807) is 0 Å². The molecule has 0 heterocycles. The van der Waals surface area contributed by atoms with E-state index in [2.05, 4.69) is 0 Å². The maximum Gasteiger partial charge on any atom is 0.168 e. The Morgan fingerprint density at radius 2 is 1.64 bits per heavy atom. The lowest BCUT2D eigenvalue weighted by molar-refractivity contribution is 0.400. The van der Waals surface area contributed by atoms with Gasteiger partial charge in [-0.2, -0.15) is 0 Å². The van der Waals surface area contributed by atoms with E-state index < -0.39 is 0 Å². The van der Waals surface area contributed by atoms with Crippen molar-refractivity contribution in [2.45, 2.75) is 0 Å². The Hall–Kier alpha value is -1.00. The zero-order valence-electron chi connectivity index (χ0n) is 7.83. The summed E-state index contributed by atoms with van der Waals surface area (Å²) in [5.74, 6) is 0.772. The SMILES string of the molecule is COc1c(N)cc(Cl)c(OC)c1N.Cl. The van der Waals surface area contributed by atoms with Gasteiger partial charge in [0.25, 0.3) is 0 Å². The fourth-order valence-electron chi connectivity index (χ4n) is 1.09. The van der Waals surface area contributed by atoms with Crippen LogP contribution in [0.15, 0.2) is 6.07 Å². The summed E-state index contributed by atoms with van der Waals surface area (Å²) in [4.78, 5) is 0. The van der Waals surface area contributed by atoms with Crippen LogP contribution in [-0.4, -0.2) is 14.2 Å². The van der Waals surface area contributed by atoms with Crippen LogP contribution in [0, 0.1) is 0 Å². The number of halogens is 2. The van der Waals surface area contributed by atoms with E-state index in [1.807, 2.05) is 0 Å². The molecule has 0 aliphatic carbocycles. The number of nitrogen functional groups attached to an aromatic ring is 2. The van der Waals surface area contributed by atoms with Crippen LogP contribution in [0.2, 0.25) is 5.02 Å². The minimum atomic E-state index is 0. The van der Waals surface area contributed by atoms with Crippen LogP contribution in [0.5, 0.6) is 11.5 Å². The Bertz CT molecular complexity index is 303. The van der Waals surface area contributed by atoms with Crippen LogP contribution in [0.25, 0.3) is 0 Å². The summed E-state index contributed by atoms with van der Waals surface area (Å²) in [5, 5.41) is 0.373. The second kappa shape index (κ2) is 5.02. The molecule has 4 nitrogen and oxygen atoms in total. The molecule has 0 bridgehead atoms. The molecule has 0 saturated carbocycles. The van der Waals surface area contributed by atoms with Crippen molar-refractivity contribution in [2.24, 2.45) is 0 Å². The highest BCUT2D eigenvalue weighted by Crippen LogP contribution is 2.42. The highest BCUT2D eigenvalue weighted by molar-refractivity contribution is 6.33. The molecule has 1 aromatic rings. The minimum Gasteiger partial charge on any atom is -0.493 e. The maximum absolute atomic E-state index is 5.82. The molecule has 1 aromatic carbocycles. The molecular weight excluding hydrogens is 227 g/mol. The number of rotatable bonds is 2. The van der Waals surface area contributed by atoms with Crippen LogP contribution in [0.3, 0.4) is 0 Å². The first-order chi connectivity index (χ1) is 6.11. The lowest BCUT2D eigenvalue weighted by Gasteiger charge is -2.12. The van der Waals surface area contributed by atoms with Gasteiger partial charge in [-0.3, -0.25) is 0 Å². The molecule has 0 aliphatic heterocycles. The Labute approximate surface area is 93.5 Å². The summed E-state index contributed by atoms with van der Waals surface area (Å²) in [6.07, 6.45) is 0. The highest BCUT2D eigenvalue weighted by atomic mass is 35.5. The van der Waals surface area contributed by atoms with Crippen molar-refractivity contribution in [3.8, 4) is 11.5 Å². The number of benzene rings is 1. The van der Waals surface area contributed by atoms with E-state index in [1.165, 1.54) is 20.3 Å². The molecule has 6 heteroatoms. The molecule has 0 saturated heterocycles. The predicted octanol–water partition coefficient (Wildman–Crippen LogP) is 1.94. The summed E-state index contributed by atoms with van der Waals surface area (Å²) in [6.45, 7) is 0. The third-order valence-corrected chi connectivity index (χ3v) is 1.94. The van der Waals surface area contributed by atoms with E-state index in [0.29, 0.717) is 27.9 Å². The first kappa shape index (κ1) is 13.0. The molecule has 1 rings (SSSR count). The predicted molar refractivity (Wildman–Crippen MR) is 60.6 cm³/mol. The number of methoxy groups -OCH3 is 2. The quantitative estimate of drug-likeness (QED) is 0.773. The Kier molecular flexibility index (Phi) is 4.67. The largest absolute Gasteiger partial charge is 0.493 e. The summed E-state index contributed by atoms with van der Waals surface area (Å²) >= 11 is 5.82. The van der Waals surface area contributed by atoms with Gasteiger partial charge in [0, 0.05) is 0 Å². The van der Waals surface area contributed by atoms with Gasteiger partial charge < -0.3 is 20.9 Å². The van der Waals surface area contributed by atoms with E-state index in [-0.39, 0.29) is 12.4 Å². The molecule has 0 atom stereocenters. The van der Waals surface area contributed by atoms with Gasteiger partial charge in [0.15, 0.2) is 11.5 Å². The lowest BCUT2D eigenvalue weighted by Crippen LogP contribution is -2.01. The molecule has 4 N–H and O–H groups in total. The monoisotopic (exact) mass is 238 g/mol. The highest BCUT2D eigenvalue weighted by Gasteiger charge is 2.14. The van der Waals surface area contributed by atoms with E-state index in [4.69, 9.17) is 32.5 Å². The van der Waals surface area contributed by atoms with Crippen molar-refractivity contribution in [2.75, 3.05) is 25.7 Å². The molecule has 0 fully saturated rings. The molecule has 0 aliphatic rings. The van der Waals surface area contributed by atoms with Crippen molar-refractivity contribution in [3.05, 3.63) is 11.1 Å². The summed E-state index contributed by atoms with van der Waals surface area (Å²) in [5.41, 5.74) is 12.0. The van der Waals surface area contributed by atoms with Crippen molar-refractivity contribution in [1.29, 1.82) is 0 Å². The summed E-state index contributed by atoms with van der Waals surface area (Å²) < 4.78 is 9.97.